The van der Waals surface area contributed by atoms with Gasteiger partial charge in [-0.3, -0.25) is 9.89 Å². The van der Waals surface area contributed by atoms with E-state index in [0.717, 1.165) is 0 Å². The molecule has 6 nitrogen and oxygen atoms in total. The highest BCUT2D eigenvalue weighted by molar-refractivity contribution is 8.13. The first-order valence-electron chi connectivity index (χ1n) is 5.83. The Morgan fingerprint density at radius 1 is 1.43 bits per heavy atom. The largest absolute Gasteiger partial charge is 0.406 e. The molecule has 1 aromatic rings. The van der Waals surface area contributed by atoms with Crippen molar-refractivity contribution >= 4 is 25.6 Å². The van der Waals surface area contributed by atoms with Crippen LogP contribution in [-0.2, 0) is 9.05 Å². The van der Waals surface area contributed by atoms with Crippen LogP contribution in [0.2, 0.25) is 0 Å². The molecule has 1 aromatic heterocycles. The van der Waals surface area contributed by atoms with E-state index in [4.69, 9.17) is 10.7 Å². The summed E-state index contributed by atoms with van der Waals surface area (Å²) in [5.41, 5.74) is -0.656. The van der Waals surface area contributed by atoms with Crippen LogP contribution < -0.4 is 0 Å². The lowest BCUT2D eigenvalue weighted by Crippen LogP contribution is -2.40. The van der Waals surface area contributed by atoms with Crippen molar-refractivity contribution in [2.24, 2.45) is 0 Å². The molecule has 120 valence electrons. The third-order valence-corrected chi connectivity index (χ3v) is 3.94. The van der Waals surface area contributed by atoms with E-state index in [0.29, 0.717) is 4.90 Å². The number of carbonyl (C=O) groups excluding carboxylic acids is 1. The highest BCUT2D eigenvalue weighted by atomic mass is 35.7. The fourth-order valence-electron chi connectivity index (χ4n) is 1.75. The number of amides is 1. The van der Waals surface area contributed by atoms with Crippen molar-refractivity contribution < 1.29 is 26.4 Å². The van der Waals surface area contributed by atoms with Crippen molar-refractivity contribution in [1.82, 2.24) is 15.1 Å². The first kappa shape index (κ1) is 17.8. The van der Waals surface area contributed by atoms with Crippen molar-refractivity contribution in [2.75, 3.05) is 13.1 Å². The van der Waals surface area contributed by atoms with E-state index in [1.807, 2.05) is 0 Å². The van der Waals surface area contributed by atoms with Crippen LogP contribution >= 0.6 is 10.7 Å². The Balaban J connectivity index is 3.23. The first-order valence-corrected chi connectivity index (χ1v) is 8.14. The smallest absolute Gasteiger partial charge is 0.328 e. The highest BCUT2D eigenvalue weighted by Crippen LogP contribution is 2.24. The van der Waals surface area contributed by atoms with Crippen LogP contribution in [0.4, 0.5) is 13.2 Å². The minimum absolute atomic E-state index is 0.0168. The fourth-order valence-corrected chi connectivity index (χ4v) is 3.09. The van der Waals surface area contributed by atoms with Gasteiger partial charge >= 0.3 is 6.18 Å². The lowest BCUT2D eigenvalue weighted by molar-refractivity contribution is -0.140. The van der Waals surface area contributed by atoms with Gasteiger partial charge in [-0.15, -0.1) is 0 Å². The fraction of sp³-hybridized carbons (Fsp3) is 0.600. The molecule has 0 aromatic carbocycles. The Morgan fingerprint density at radius 3 is 2.43 bits per heavy atom. The minimum atomic E-state index is -4.60. The van der Waals surface area contributed by atoms with Gasteiger partial charge in [-0.2, -0.15) is 18.3 Å². The lowest BCUT2D eigenvalue weighted by Gasteiger charge is -2.22. The molecule has 0 spiro atoms. The van der Waals surface area contributed by atoms with Gasteiger partial charge in [0.05, 0.1) is 5.69 Å². The number of carbonyl (C=O) groups is 1. The summed E-state index contributed by atoms with van der Waals surface area (Å²) in [5.74, 6) is -1.14. The second-order valence-corrected chi connectivity index (χ2v) is 6.81. The monoisotopic (exact) mass is 347 g/mol. The van der Waals surface area contributed by atoms with Gasteiger partial charge in [0.2, 0.25) is 0 Å². The van der Waals surface area contributed by atoms with Crippen molar-refractivity contribution in [2.45, 2.75) is 31.3 Å². The molecule has 21 heavy (non-hydrogen) atoms. The maximum atomic E-state index is 12.5. The predicted molar refractivity (Wildman–Crippen MR) is 68.6 cm³/mol. The number of hydrogen-bond acceptors (Lipinski definition) is 4. The summed E-state index contributed by atoms with van der Waals surface area (Å²) >= 11 is 0. The highest BCUT2D eigenvalue weighted by Gasteiger charge is 2.36. The number of nitrogens with one attached hydrogen (secondary N) is 1. The zero-order valence-electron chi connectivity index (χ0n) is 11.2. The Labute approximate surface area is 123 Å². The average molecular weight is 348 g/mol. The normalized spacial score (nSPS) is 12.5. The van der Waals surface area contributed by atoms with Gasteiger partial charge in [-0.25, -0.2) is 8.42 Å². The number of hydrogen-bond donors (Lipinski definition) is 1. The molecule has 0 fully saturated rings. The van der Waals surface area contributed by atoms with Gasteiger partial charge in [0.15, 0.2) is 5.69 Å². The second kappa shape index (κ2) is 6.22. The van der Waals surface area contributed by atoms with Crippen LogP contribution in [0.25, 0.3) is 0 Å². The quantitative estimate of drug-likeness (QED) is 0.826. The van der Waals surface area contributed by atoms with Crippen LogP contribution in [0.1, 0.15) is 29.5 Å². The maximum Gasteiger partial charge on any atom is 0.406 e. The molecular weight excluding hydrogens is 335 g/mol. The van der Waals surface area contributed by atoms with Crippen molar-refractivity contribution in [3.05, 3.63) is 11.4 Å². The molecule has 0 aliphatic heterocycles. The SMILES string of the molecule is CCCN(CC(F)(F)F)C(=O)c1n[nH]c(C)c1S(=O)(=O)Cl. The topological polar surface area (TPSA) is 83.1 Å². The molecule has 0 atom stereocenters. The van der Waals surface area contributed by atoms with Crippen LogP contribution in [0, 0.1) is 6.92 Å². The van der Waals surface area contributed by atoms with Gasteiger partial charge in [-0.05, 0) is 13.3 Å². The molecule has 0 radical (unpaired) electrons. The van der Waals surface area contributed by atoms with Gasteiger partial charge in [0, 0.05) is 17.2 Å². The third-order valence-electron chi connectivity index (χ3n) is 2.49. The zero-order valence-corrected chi connectivity index (χ0v) is 12.7. The molecule has 0 saturated heterocycles. The number of halogens is 4. The summed E-state index contributed by atoms with van der Waals surface area (Å²) in [7, 11) is 0.880. The summed E-state index contributed by atoms with van der Waals surface area (Å²) in [6, 6.07) is 0. The molecule has 0 aliphatic rings. The summed E-state index contributed by atoms with van der Waals surface area (Å²) in [5, 5.41) is 5.71. The molecule has 1 heterocycles. The van der Waals surface area contributed by atoms with Gasteiger partial charge in [0.25, 0.3) is 15.0 Å². The van der Waals surface area contributed by atoms with Crippen LogP contribution in [0.5, 0.6) is 0 Å². The number of aryl methyl sites for hydroxylation is 1. The van der Waals surface area contributed by atoms with Crippen molar-refractivity contribution in [1.29, 1.82) is 0 Å². The Morgan fingerprint density at radius 2 is 2.00 bits per heavy atom. The molecule has 1 rings (SSSR count). The number of nitrogens with zero attached hydrogens (tertiary/aromatic N) is 2. The predicted octanol–water partition coefficient (Wildman–Crippen LogP) is 2.06. The summed E-state index contributed by atoms with van der Waals surface area (Å²) in [6.07, 6.45) is -4.33. The second-order valence-electron chi connectivity index (χ2n) is 4.31. The van der Waals surface area contributed by atoms with Crippen molar-refractivity contribution in [3.63, 3.8) is 0 Å². The molecular formula is C10H13ClF3N3O3S. The summed E-state index contributed by atoms with van der Waals surface area (Å²) in [6.45, 7) is 1.21. The number of H-pyrrole nitrogens is 1. The first-order chi connectivity index (χ1) is 9.47. The number of alkyl halides is 3. The number of aromatic amines is 1. The number of aromatic nitrogens is 2. The Kier molecular flexibility index (Phi) is 5.26. The standard InChI is InChI=1S/C10H13ClF3N3O3S/c1-3-4-17(5-10(12,13)14)9(18)7-8(21(11,19)20)6(2)15-16-7/h3-5H2,1-2H3,(H,15,16). The van der Waals surface area contributed by atoms with E-state index < -0.39 is 38.3 Å². The maximum absolute atomic E-state index is 12.5. The number of rotatable bonds is 5. The van der Waals surface area contributed by atoms with Crippen LogP contribution in [-0.4, -0.2) is 48.7 Å². The van der Waals surface area contributed by atoms with Crippen LogP contribution in [0.15, 0.2) is 4.90 Å². The average Bonchev–Trinajstić information content (AvgIpc) is 2.67. The summed E-state index contributed by atoms with van der Waals surface area (Å²) < 4.78 is 60.3. The van der Waals surface area contributed by atoms with Gasteiger partial charge in [-0.1, -0.05) is 6.92 Å². The van der Waals surface area contributed by atoms with Gasteiger partial charge in [0.1, 0.15) is 11.4 Å². The zero-order chi connectivity index (χ0) is 16.4. The van der Waals surface area contributed by atoms with E-state index in [9.17, 15) is 26.4 Å². The van der Waals surface area contributed by atoms with E-state index >= 15 is 0 Å². The van der Waals surface area contributed by atoms with E-state index in [-0.39, 0.29) is 18.7 Å². The van der Waals surface area contributed by atoms with Crippen molar-refractivity contribution in [3.8, 4) is 0 Å². The molecule has 0 saturated carbocycles. The molecule has 0 unspecified atom stereocenters. The summed E-state index contributed by atoms with van der Waals surface area (Å²) in [4.78, 5) is 12.0. The molecule has 0 bridgehead atoms. The van der Waals surface area contributed by atoms with Crippen LogP contribution in [0.3, 0.4) is 0 Å². The molecule has 1 N–H and O–H groups in total. The molecule has 0 aliphatic carbocycles. The van der Waals surface area contributed by atoms with Gasteiger partial charge < -0.3 is 4.90 Å². The van der Waals surface area contributed by atoms with E-state index in [2.05, 4.69) is 10.2 Å². The molecule has 11 heteroatoms. The minimum Gasteiger partial charge on any atom is -0.328 e. The Hall–Kier alpha value is -1.29. The Bertz CT molecular complexity index is 627. The van der Waals surface area contributed by atoms with E-state index in [1.165, 1.54) is 6.92 Å². The van der Waals surface area contributed by atoms with E-state index in [1.54, 1.807) is 6.92 Å². The lowest BCUT2D eigenvalue weighted by atomic mass is 10.3. The third kappa shape index (κ3) is 4.60. The molecule has 1 amide bonds.